The number of amides is 1. The second-order valence-electron chi connectivity index (χ2n) is 4.86. The molecule has 0 spiro atoms. The fourth-order valence-corrected chi connectivity index (χ4v) is 1.77. The summed E-state index contributed by atoms with van der Waals surface area (Å²) in [4.78, 5) is 11.9. The summed E-state index contributed by atoms with van der Waals surface area (Å²) in [6, 6.07) is 3.15. The van der Waals surface area contributed by atoms with Crippen molar-refractivity contribution >= 4 is 29.9 Å². The van der Waals surface area contributed by atoms with E-state index in [1.165, 1.54) is 0 Å². The van der Waals surface area contributed by atoms with Gasteiger partial charge in [0.25, 0.3) is 5.91 Å². The number of rotatable bonds is 3. The molecule has 1 aromatic carbocycles. The van der Waals surface area contributed by atoms with Crippen molar-refractivity contribution in [1.29, 1.82) is 0 Å². The summed E-state index contributed by atoms with van der Waals surface area (Å²) in [5, 5.41) is 3.10. The van der Waals surface area contributed by atoms with E-state index in [9.17, 15) is 4.79 Å². The molecule has 1 heterocycles. The third kappa shape index (κ3) is 3.89. The Morgan fingerprint density at radius 2 is 2.16 bits per heavy atom. The first-order valence-corrected chi connectivity index (χ1v) is 5.91. The number of hydrogen-bond donors (Lipinski definition) is 2. The predicted octanol–water partition coefficient (Wildman–Crippen LogP) is 1.96. The number of benzene rings is 1. The van der Waals surface area contributed by atoms with E-state index in [4.69, 9.17) is 26.8 Å². The number of nitrogens with one attached hydrogen (secondary N) is 1. The molecule has 0 saturated heterocycles. The van der Waals surface area contributed by atoms with Gasteiger partial charge in [-0.25, -0.2) is 0 Å². The van der Waals surface area contributed by atoms with Crippen molar-refractivity contribution in [1.82, 2.24) is 5.32 Å². The Morgan fingerprint density at radius 3 is 2.79 bits per heavy atom. The van der Waals surface area contributed by atoms with Gasteiger partial charge in [-0.2, -0.15) is 0 Å². The van der Waals surface area contributed by atoms with Crippen LogP contribution in [0.15, 0.2) is 12.1 Å². The first-order valence-electron chi connectivity index (χ1n) is 5.53. The van der Waals surface area contributed by atoms with Crippen LogP contribution in [0.1, 0.15) is 24.2 Å². The standard InChI is InChI=1S/C12H15ClN2O3.ClH/c1-12(2,14)5-15-11(16)7-3-8(13)10-9(4-7)17-6-18-10;/h3-4H,5-6,14H2,1-2H3,(H,15,16);1H. The summed E-state index contributed by atoms with van der Waals surface area (Å²) in [5.74, 6) is 0.723. The van der Waals surface area contributed by atoms with E-state index in [0.29, 0.717) is 28.6 Å². The van der Waals surface area contributed by atoms with E-state index in [1.54, 1.807) is 12.1 Å². The summed E-state index contributed by atoms with van der Waals surface area (Å²) < 4.78 is 10.4. The van der Waals surface area contributed by atoms with Crippen LogP contribution in [-0.2, 0) is 0 Å². The molecule has 19 heavy (non-hydrogen) atoms. The molecule has 1 aromatic rings. The zero-order chi connectivity index (χ0) is 13.3. The van der Waals surface area contributed by atoms with Crippen molar-refractivity contribution in [2.45, 2.75) is 19.4 Å². The molecule has 0 radical (unpaired) electrons. The highest BCUT2D eigenvalue weighted by Crippen LogP contribution is 2.39. The lowest BCUT2D eigenvalue weighted by molar-refractivity contribution is 0.0945. The van der Waals surface area contributed by atoms with Gasteiger partial charge in [0.15, 0.2) is 11.5 Å². The maximum absolute atomic E-state index is 11.9. The second-order valence-corrected chi connectivity index (χ2v) is 5.27. The van der Waals surface area contributed by atoms with Gasteiger partial charge in [0.2, 0.25) is 6.79 Å². The van der Waals surface area contributed by atoms with Crippen LogP contribution >= 0.6 is 24.0 Å². The largest absolute Gasteiger partial charge is 0.454 e. The molecule has 0 aromatic heterocycles. The Labute approximate surface area is 122 Å². The average Bonchev–Trinajstić information content (AvgIpc) is 2.73. The summed E-state index contributed by atoms with van der Waals surface area (Å²) >= 11 is 6.00. The van der Waals surface area contributed by atoms with E-state index >= 15 is 0 Å². The van der Waals surface area contributed by atoms with Crippen LogP contribution in [0.4, 0.5) is 0 Å². The molecular weight excluding hydrogens is 291 g/mol. The normalized spacial score (nSPS) is 12.8. The van der Waals surface area contributed by atoms with Crippen LogP contribution < -0.4 is 20.5 Å². The van der Waals surface area contributed by atoms with E-state index in [2.05, 4.69) is 5.32 Å². The van der Waals surface area contributed by atoms with Gasteiger partial charge in [-0.3, -0.25) is 4.79 Å². The lowest BCUT2D eigenvalue weighted by Crippen LogP contribution is -2.45. The summed E-state index contributed by atoms with van der Waals surface area (Å²) in [7, 11) is 0. The van der Waals surface area contributed by atoms with E-state index < -0.39 is 5.54 Å². The van der Waals surface area contributed by atoms with Gasteiger partial charge < -0.3 is 20.5 Å². The minimum Gasteiger partial charge on any atom is -0.454 e. The van der Waals surface area contributed by atoms with Crippen molar-refractivity contribution in [3.05, 3.63) is 22.7 Å². The number of fused-ring (bicyclic) bond motifs is 1. The molecule has 0 saturated carbocycles. The topological polar surface area (TPSA) is 73.6 Å². The Balaban J connectivity index is 0.00000180. The first kappa shape index (κ1) is 15.9. The van der Waals surface area contributed by atoms with Crippen molar-refractivity contribution in [3.63, 3.8) is 0 Å². The lowest BCUT2D eigenvalue weighted by atomic mass is 10.1. The molecule has 0 aliphatic carbocycles. The summed E-state index contributed by atoms with van der Waals surface area (Å²) in [6.07, 6.45) is 0. The molecule has 106 valence electrons. The van der Waals surface area contributed by atoms with Crippen LogP contribution in [-0.4, -0.2) is 24.8 Å². The van der Waals surface area contributed by atoms with E-state index in [-0.39, 0.29) is 25.1 Å². The molecule has 3 N–H and O–H groups in total. The number of carbonyl (C=O) groups excluding carboxylic acids is 1. The first-order chi connectivity index (χ1) is 8.37. The molecule has 1 aliphatic heterocycles. The highest BCUT2D eigenvalue weighted by molar-refractivity contribution is 6.32. The Bertz CT molecular complexity index is 487. The third-order valence-corrected chi connectivity index (χ3v) is 2.67. The Kier molecular flexibility index (Phi) is 4.90. The average molecular weight is 307 g/mol. The molecule has 2 rings (SSSR count). The van der Waals surface area contributed by atoms with Crippen molar-refractivity contribution < 1.29 is 14.3 Å². The highest BCUT2D eigenvalue weighted by Gasteiger charge is 2.21. The predicted molar refractivity (Wildman–Crippen MR) is 75.4 cm³/mol. The number of ether oxygens (including phenoxy) is 2. The monoisotopic (exact) mass is 306 g/mol. The van der Waals surface area contributed by atoms with Gasteiger partial charge in [-0.1, -0.05) is 11.6 Å². The maximum Gasteiger partial charge on any atom is 0.251 e. The Hall–Kier alpha value is -1.17. The molecule has 0 bridgehead atoms. The van der Waals surface area contributed by atoms with Gasteiger partial charge in [-0.05, 0) is 26.0 Å². The van der Waals surface area contributed by atoms with Crippen LogP contribution in [0.25, 0.3) is 0 Å². The molecule has 5 nitrogen and oxygen atoms in total. The minimum absolute atomic E-state index is 0. The quantitative estimate of drug-likeness (QED) is 0.895. The fourth-order valence-electron chi connectivity index (χ4n) is 1.51. The fraction of sp³-hybridized carbons (Fsp3) is 0.417. The molecule has 7 heteroatoms. The van der Waals surface area contributed by atoms with Crippen LogP contribution in [0.3, 0.4) is 0 Å². The molecule has 1 aliphatic rings. The smallest absolute Gasteiger partial charge is 0.251 e. The molecule has 0 fully saturated rings. The zero-order valence-electron chi connectivity index (χ0n) is 10.7. The molecular formula is C12H16Cl2N2O3. The Morgan fingerprint density at radius 1 is 1.47 bits per heavy atom. The third-order valence-electron chi connectivity index (χ3n) is 2.39. The SMILES string of the molecule is CC(C)(N)CNC(=O)c1cc(Cl)c2c(c1)OCO2.Cl. The van der Waals surface area contributed by atoms with Crippen LogP contribution in [0, 0.1) is 0 Å². The van der Waals surface area contributed by atoms with Gasteiger partial charge >= 0.3 is 0 Å². The van der Waals surface area contributed by atoms with Gasteiger partial charge in [0.1, 0.15) is 0 Å². The summed E-state index contributed by atoms with van der Waals surface area (Å²) in [6.45, 7) is 4.16. The molecule has 0 atom stereocenters. The van der Waals surface area contributed by atoms with Gasteiger partial charge in [-0.15, -0.1) is 12.4 Å². The minimum atomic E-state index is -0.463. The van der Waals surface area contributed by atoms with Gasteiger partial charge in [0.05, 0.1) is 5.02 Å². The van der Waals surface area contributed by atoms with E-state index in [1.807, 2.05) is 13.8 Å². The van der Waals surface area contributed by atoms with E-state index in [0.717, 1.165) is 0 Å². The summed E-state index contributed by atoms with van der Waals surface area (Å²) in [5.41, 5.74) is 5.76. The number of nitrogens with two attached hydrogens (primary N) is 1. The lowest BCUT2D eigenvalue weighted by Gasteiger charge is -2.19. The van der Waals surface area contributed by atoms with Gasteiger partial charge in [0, 0.05) is 17.6 Å². The van der Waals surface area contributed by atoms with Crippen LogP contribution in [0.5, 0.6) is 11.5 Å². The van der Waals surface area contributed by atoms with Crippen molar-refractivity contribution in [2.24, 2.45) is 5.73 Å². The molecule has 0 unspecified atom stereocenters. The number of carbonyl (C=O) groups is 1. The molecule has 1 amide bonds. The van der Waals surface area contributed by atoms with Crippen molar-refractivity contribution in [2.75, 3.05) is 13.3 Å². The second kappa shape index (κ2) is 5.86. The van der Waals surface area contributed by atoms with Crippen molar-refractivity contribution in [3.8, 4) is 11.5 Å². The maximum atomic E-state index is 11.9. The number of hydrogen-bond acceptors (Lipinski definition) is 4. The van der Waals surface area contributed by atoms with Crippen LogP contribution in [0.2, 0.25) is 5.02 Å². The number of halogens is 2. The highest BCUT2D eigenvalue weighted by atomic mass is 35.5. The zero-order valence-corrected chi connectivity index (χ0v) is 12.2.